The number of hydrogen-bond donors (Lipinski definition) is 4. The van der Waals surface area contributed by atoms with E-state index in [-0.39, 0.29) is 139 Å². The molecule has 4 N–H and O–H groups in total. The third kappa shape index (κ3) is 10.2. The summed E-state index contributed by atoms with van der Waals surface area (Å²) in [6, 6.07) is 4.40. The molecule has 0 bridgehead atoms. The van der Waals surface area contributed by atoms with E-state index in [1.165, 1.54) is 31.2 Å². The standard InChI is InChI=1S/C32H27N7O14S2.3Na/c1-12-20(24(45)16-6-7-17(40)25(46)26(16)53-12)27(47)33-21(13-2-4-15(5-3-13)52-9-19(43)44)28(48)34-22-29(49)39-23(31(50)51)14(10-54-30(22)39)11-55-32-35-36-37-38(32)8-18(41)42;;;/h2-7,21-22,30,40,46H,8-11H2,1H3,(H,33,47)(H,34,48)(H,41,42)(H,43,44)(H,50,51);;;/q;3*+1/p-3/t21?,22-,30+;;;/m1.../s1. The Hall–Kier alpha value is -3.62. The number of ether oxygens (including phenoxy) is 1. The summed E-state index contributed by atoms with van der Waals surface area (Å²) in [5.74, 6) is -9.14. The third-order valence-corrected chi connectivity index (χ3v) is 10.6. The zero-order valence-electron chi connectivity index (χ0n) is 30.9. The van der Waals surface area contributed by atoms with E-state index in [4.69, 9.17) is 9.15 Å². The Morgan fingerprint density at radius 2 is 1.72 bits per heavy atom. The van der Waals surface area contributed by atoms with Gasteiger partial charge in [0.25, 0.3) is 11.8 Å². The molecule has 2 aromatic carbocycles. The number of carboxylic acid groups (broad SMARTS) is 3. The molecule has 1 saturated heterocycles. The van der Waals surface area contributed by atoms with Gasteiger partial charge in [0, 0.05) is 11.5 Å². The summed E-state index contributed by atoms with van der Waals surface area (Å²) < 4.78 is 11.5. The molecule has 2 aliphatic rings. The van der Waals surface area contributed by atoms with Crippen LogP contribution in [0.25, 0.3) is 11.0 Å². The first-order chi connectivity index (χ1) is 26.2. The van der Waals surface area contributed by atoms with Crippen LogP contribution in [0.15, 0.2) is 62.0 Å². The molecular formula is C32H24N7Na3O14S2. The number of nitrogens with one attached hydrogen (secondary N) is 2. The van der Waals surface area contributed by atoms with Crippen LogP contribution in [0.5, 0.6) is 17.2 Å². The summed E-state index contributed by atoms with van der Waals surface area (Å²) in [5, 5.41) is 68.6. The first-order valence-corrected chi connectivity index (χ1v) is 17.7. The van der Waals surface area contributed by atoms with Gasteiger partial charge in [-0.2, -0.15) is 0 Å². The number of hydrogen-bond acceptors (Lipinski definition) is 19. The second-order valence-electron chi connectivity index (χ2n) is 11.7. The average Bonchev–Trinajstić information content (AvgIpc) is 3.58. The molecule has 2 aromatic heterocycles. The Kier molecular flexibility index (Phi) is 17.3. The molecule has 3 amide bonds. The van der Waals surface area contributed by atoms with Crippen molar-refractivity contribution in [1.82, 2.24) is 35.7 Å². The number of benzene rings is 2. The summed E-state index contributed by atoms with van der Waals surface area (Å²) in [4.78, 5) is 89.5. The van der Waals surface area contributed by atoms with Crippen molar-refractivity contribution in [2.45, 2.75) is 36.1 Å². The Morgan fingerprint density at radius 1 is 1.03 bits per heavy atom. The third-order valence-electron chi connectivity index (χ3n) is 8.22. The molecule has 21 nitrogen and oxygen atoms in total. The summed E-state index contributed by atoms with van der Waals surface area (Å²) in [6.07, 6.45) is 0. The minimum atomic E-state index is -1.69. The van der Waals surface area contributed by atoms with E-state index in [1.54, 1.807) is 0 Å². The van der Waals surface area contributed by atoms with E-state index in [1.807, 2.05) is 0 Å². The van der Waals surface area contributed by atoms with E-state index in [9.17, 15) is 59.1 Å². The molecule has 4 aromatic rings. The first-order valence-electron chi connectivity index (χ1n) is 15.6. The second-order valence-corrected chi connectivity index (χ2v) is 13.8. The summed E-state index contributed by atoms with van der Waals surface area (Å²) in [7, 11) is 0. The average molecular weight is 864 g/mol. The predicted molar refractivity (Wildman–Crippen MR) is 178 cm³/mol. The number of tetrazole rings is 1. The quantitative estimate of drug-likeness (QED) is 0.0396. The van der Waals surface area contributed by atoms with Crippen LogP contribution in [0.4, 0.5) is 0 Å². The zero-order valence-corrected chi connectivity index (χ0v) is 38.5. The van der Waals surface area contributed by atoms with Crippen molar-refractivity contribution in [3.8, 4) is 17.2 Å². The number of phenolic OH excluding ortho intramolecular Hbond substituents is 2. The zero-order chi connectivity index (χ0) is 39.7. The number of aromatic hydroxyl groups is 2. The largest absolute Gasteiger partial charge is 1.00 e. The van der Waals surface area contributed by atoms with Gasteiger partial charge in [-0.25, -0.2) is 4.68 Å². The van der Waals surface area contributed by atoms with Gasteiger partial charge in [0.2, 0.25) is 22.2 Å². The predicted octanol–water partition coefficient (Wildman–Crippen LogP) is -12.9. The van der Waals surface area contributed by atoms with Crippen molar-refractivity contribution >= 4 is 70.1 Å². The van der Waals surface area contributed by atoms with E-state index >= 15 is 0 Å². The van der Waals surface area contributed by atoms with Gasteiger partial charge in [-0.3, -0.25) is 24.1 Å². The van der Waals surface area contributed by atoms with Crippen LogP contribution in [0.3, 0.4) is 0 Å². The maximum absolute atomic E-state index is 13.9. The van der Waals surface area contributed by atoms with Crippen LogP contribution in [0.2, 0.25) is 0 Å². The number of fused-ring (bicyclic) bond motifs is 2. The van der Waals surface area contributed by atoms with Crippen LogP contribution >= 0.6 is 23.5 Å². The van der Waals surface area contributed by atoms with E-state index in [0.29, 0.717) is 0 Å². The number of aliphatic carboxylic acids is 3. The molecule has 58 heavy (non-hydrogen) atoms. The number of carbonyl (C=O) groups excluding carboxylic acids is 6. The van der Waals surface area contributed by atoms with Crippen LogP contribution in [0, 0.1) is 6.92 Å². The Bertz CT molecular complexity index is 2380. The van der Waals surface area contributed by atoms with Crippen LogP contribution in [-0.4, -0.2) is 100 Å². The minimum Gasteiger partial charge on any atom is -0.548 e. The number of thioether (sulfide) groups is 2. The topological polar surface area (TPSA) is 322 Å². The molecule has 286 valence electrons. The number of aryl methyl sites for hydroxylation is 1. The molecule has 26 heteroatoms. The number of carboxylic acids is 3. The van der Waals surface area contributed by atoms with E-state index < -0.39 is 94.4 Å². The Labute approximate surface area is 400 Å². The summed E-state index contributed by atoms with van der Waals surface area (Å²) in [5.41, 5.74) is -2.01. The summed E-state index contributed by atoms with van der Waals surface area (Å²) >= 11 is 2.01. The van der Waals surface area contributed by atoms with Crippen LogP contribution < -0.4 is 125 Å². The maximum Gasteiger partial charge on any atom is 1.00 e. The SMILES string of the molecule is Cc1oc2c(O)c(O)ccc2c(=O)c1C(=O)NC(C(=O)N[C@@H]1C(=O)N2C(C(=O)[O-])=C(CSc3nnnn3CC(=O)[O-])CS[C@@H]12)c1ccc(OCC(=O)[O-])cc1.[Na+].[Na+].[Na+]. The number of rotatable bonds is 14. The monoisotopic (exact) mass is 863 g/mol. The Morgan fingerprint density at radius 3 is 2.36 bits per heavy atom. The van der Waals surface area contributed by atoms with Gasteiger partial charge in [0.15, 0.2) is 11.3 Å². The van der Waals surface area contributed by atoms with Crippen LogP contribution in [0.1, 0.15) is 27.7 Å². The van der Waals surface area contributed by atoms with Gasteiger partial charge in [0.05, 0.1) is 35.5 Å². The molecular weight excluding hydrogens is 839 g/mol. The number of carbonyl (C=O) groups is 6. The van der Waals surface area contributed by atoms with Crippen molar-refractivity contribution in [2.24, 2.45) is 0 Å². The van der Waals surface area contributed by atoms with E-state index in [0.717, 1.165) is 45.2 Å². The molecule has 4 heterocycles. The minimum absolute atomic E-state index is 0. The number of aromatic nitrogens is 4. The summed E-state index contributed by atoms with van der Waals surface area (Å²) in [6.45, 7) is -0.199. The van der Waals surface area contributed by atoms with Crippen molar-refractivity contribution in [3.63, 3.8) is 0 Å². The Balaban J connectivity index is 0.00000300. The molecule has 2 aliphatic heterocycles. The fourth-order valence-corrected chi connectivity index (χ4v) is 8.06. The smallest absolute Gasteiger partial charge is 0.548 e. The molecule has 1 unspecified atom stereocenters. The molecule has 0 saturated carbocycles. The van der Waals surface area contributed by atoms with Gasteiger partial charge in [0.1, 0.15) is 41.1 Å². The van der Waals surface area contributed by atoms with Gasteiger partial charge < -0.3 is 59.7 Å². The molecule has 6 rings (SSSR count). The van der Waals surface area contributed by atoms with Gasteiger partial charge in [-0.1, -0.05) is 23.9 Å². The normalized spacial score (nSPS) is 16.0. The molecule has 1 fully saturated rings. The maximum atomic E-state index is 13.9. The van der Waals surface area contributed by atoms with Gasteiger partial charge in [-0.05, 0) is 52.8 Å². The fraction of sp³-hybridized carbons (Fsp3) is 0.250. The van der Waals surface area contributed by atoms with E-state index in [2.05, 4.69) is 26.2 Å². The number of nitrogens with zero attached hydrogens (tertiary/aromatic N) is 5. The van der Waals surface area contributed by atoms with Crippen LogP contribution in [-0.2, 0) is 30.5 Å². The van der Waals surface area contributed by atoms with Crippen molar-refractivity contribution in [3.05, 3.63) is 74.8 Å². The number of β-lactam (4-membered cyclic amide) rings is 1. The molecule has 3 atom stereocenters. The van der Waals surface area contributed by atoms with Gasteiger partial charge >= 0.3 is 88.7 Å². The number of amides is 3. The van der Waals surface area contributed by atoms with Crippen molar-refractivity contribution in [2.75, 3.05) is 18.1 Å². The first kappa shape index (κ1) is 48.7. The van der Waals surface area contributed by atoms with Crippen molar-refractivity contribution < 1.29 is 152 Å². The van der Waals surface area contributed by atoms with Crippen molar-refractivity contribution in [1.29, 1.82) is 0 Å². The molecule has 0 radical (unpaired) electrons. The molecule has 0 spiro atoms. The number of phenols is 2. The fourth-order valence-electron chi connectivity index (χ4n) is 5.70. The second kappa shape index (κ2) is 20.6. The molecule has 0 aliphatic carbocycles. The van der Waals surface area contributed by atoms with Gasteiger partial charge in [-0.15, -0.1) is 16.9 Å².